The molecule has 64 valence electrons. The van der Waals surface area contributed by atoms with Crippen LogP contribution in [0.5, 0.6) is 5.75 Å². The van der Waals surface area contributed by atoms with Crippen LogP contribution < -0.4 is 0 Å². The number of aromatic hydroxyl groups is 1. The van der Waals surface area contributed by atoms with Gasteiger partial charge in [-0.15, -0.1) is 6.58 Å². The van der Waals surface area contributed by atoms with Gasteiger partial charge in [0.2, 0.25) is 0 Å². The van der Waals surface area contributed by atoms with Crippen molar-refractivity contribution >= 4 is 22.6 Å². The zero-order chi connectivity index (χ0) is 8.97. The highest BCUT2D eigenvalue weighted by Crippen LogP contribution is 2.24. The van der Waals surface area contributed by atoms with E-state index >= 15 is 0 Å². The minimum atomic E-state index is 0.423. The number of phenols is 1. The predicted molar refractivity (Wildman–Crippen MR) is 59.7 cm³/mol. The van der Waals surface area contributed by atoms with Crippen LogP contribution in [0.15, 0.2) is 30.9 Å². The van der Waals surface area contributed by atoms with Gasteiger partial charge in [-0.3, -0.25) is 0 Å². The summed E-state index contributed by atoms with van der Waals surface area (Å²) in [7, 11) is 0. The first-order valence-electron chi connectivity index (χ1n) is 3.76. The van der Waals surface area contributed by atoms with Gasteiger partial charge in [0.15, 0.2) is 0 Å². The van der Waals surface area contributed by atoms with Crippen molar-refractivity contribution in [3.05, 3.63) is 42.0 Å². The molecule has 1 rings (SSSR count). The Hall–Kier alpha value is -0.510. The van der Waals surface area contributed by atoms with E-state index in [-0.39, 0.29) is 0 Å². The summed E-state index contributed by atoms with van der Waals surface area (Å²) < 4.78 is 0.842. The van der Waals surface area contributed by atoms with E-state index in [9.17, 15) is 5.11 Å². The summed E-state index contributed by atoms with van der Waals surface area (Å²) in [5.74, 6) is 0.423. The van der Waals surface area contributed by atoms with Gasteiger partial charge in [-0.2, -0.15) is 0 Å². The highest BCUT2D eigenvalue weighted by molar-refractivity contribution is 14.1. The fourth-order valence-electron chi connectivity index (χ4n) is 1.07. The first kappa shape index (κ1) is 9.58. The van der Waals surface area contributed by atoms with Crippen molar-refractivity contribution in [2.45, 2.75) is 10.8 Å². The number of rotatable bonds is 3. The molecule has 0 heterocycles. The van der Waals surface area contributed by atoms with Gasteiger partial charge in [0.25, 0.3) is 0 Å². The Morgan fingerprint density at radius 1 is 1.42 bits per heavy atom. The normalized spacial score (nSPS) is 9.75. The number of hydrogen-bond acceptors (Lipinski definition) is 1. The highest BCUT2D eigenvalue weighted by Gasteiger charge is 2.03. The van der Waals surface area contributed by atoms with Gasteiger partial charge in [-0.25, -0.2) is 0 Å². The molecule has 0 atom stereocenters. The van der Waals surface area contributed by atoms with Crippen LogP contribution in [0.3, 0.4) is 0 Å². The molecule has 0 unspecified atom stereocenters. The number of phenolic OH excluding ortho intramolecular Hbond substituents is 1. The molecular formula is C10H11IO. The average Bonchev–Trinajstić information content (AvgIpc) is 2.09. The highest BCUT2D eigenvalue weighted by atomic mass is 127. The summed E-state index contributed by atoms with van der Waals surface area (Å²) in [6, 6.07) is 5.83. The van der Waals surface area contributed by atoms with Crippen molar-refractivity contribution in [2.75, 3.05) is 0 Å². The van der Waals surface area contributed by atoms with E-state index < -0.39 is 0 Å². The Morgan fingerprint density at radius 2 is 2.08 bits per heavy atom. The Bertz CT molecular complexity index is 281. The summed E-state index contributed by atoms with van der Waals surface area (Å²) in [5, 5.41) is 9.67. The second-order valence-electron chi connectivity index (χ2n) is 2.55. The van der Waals surface area contributed by atoms with E-state index in [4.69, 9.17) is 0 Å². The van der Waals surface area contributed by atoms with Crippen LogP contribution in [0.1, 0.15) is 11.1 Å². The standard InChI is InChI=1S/C10H11IO/c1-2-4-8-5-3-6-9(7-11)10(8)12/h2-3,5-6,12H,1,4,7H2. The number of alkyl halides is 1. The largest absolute Gasteiger partial charge is 0.507 e. The zero-order valence-corrected chi connectivity index (χ0v) is 8.91. The third kappa shape index (κ3) is 2.00. The second-order valence-corrected chi connectivity index (χ2v) is 3.31. The Balaban J connectivity index is 3.04. The van der Waals surface area contributed by atoms with Crippen LogP contribution in [-0.4, -0.2) is 5.11 Å². The molecule has 0 saturated carbocycles. The van der Waals surface area contributed by atoms with Crippen LogP contribution in [0.25, 0.3) is 0 Å². The van der Waals surface area contributed by atoms with Crippen molar-refractivity contribution in [1.29, 1.82) is 0 Å². The van der Waals surface area contributed by atoms with Crippen molar-refractivity contribution in [2.24, 2.45) is 0 Å². The molecule has 0 aliphatic carbocycles. The molecule has 1 aromatic carbocycles. The van der Waals surface area contributed by atoms with E-state index in [0.29, 0.717) is 5.75 Å². The molecular weight excluding hydrogens is 263 g/mol. The molecule has 2 heteroatoms. The Kier molecular flexibility index (Phi) is 3.59. The Labute approximate surface area is 86.3 Å². The molecule has 0 aliphatic rings. The van der Waals surface area contributed by atoms with Crippen LogP contribution >= 0.6 is 22.6 Å². The molecule has 0 fully saturated rings. The van der Waals surface area contributed by atoms with Crippen molar-refractivity contribution < 1.29 is 5.11 Å². The second kappa shape index (κ2) is 4.50. The van der Waals surface area contributed by atoms with Gasteiger partial charge in [0.1, 0.15) is 5.75 Å². The van der Waals surface area contributed by atoms with E-state index in [1.165, 1.54) is 0 Å². The topological polar surface area (TPSA) is 20.2 Å². The molecule has 0 radical (unpaired) electrons. The summed E-state index contributed by atoms with van der Waals surface area (Å²) in [4.78, 5) is 0. The lowest BCUT2D eigenvalue weighted by Crippen LogP contribution is -1.86. The molecule has 0 amide bonds. The Morgan fingerprint density at radius 3 is 2.67 bits per heavy atom. The van der Waals surface area contributed by atoms with Crippen LogP contribution in [0, 0.1) is 0 Å². The summed E-state index contributed by atoms with van der Waals surface area (Å²) in [6.45, 7) is 3.64. The maximum absolute atomic E-state index is 9.67. The van der Waals surface area contributed by atoms with Gasteiger partial charge in [0.05, 0.1) is 0 Å². The number of halogens is 1. The predicted octanol–water partition coefficient (Wildman–Crippen LogP) is 3.06. The van der Waals surface area contributed by atoms with Crippen molar-refractivity contribution in [1.82, 2.24) is 0 Å². The first-order valence-corrected chi connectivity index (χ1v) is 5.28. The smallest absolute Gasteiger partial charge is 0.123 e. The van der Waals surface area contributed by atoms with E-state index in [1.807, 2.05) is 18.2 Å². The van der Waals surface area contributed by atoms with Crippen LogP contribution in [0.2, 0.25) is 0 Å². The van der Waals surface area contributed by atoms with Crippen molar-refractivity contribution in [3.8, 4) is 5.75 Å². The maximum Gasteiger partial charge on any atom is 0.123 e. The van der Waals surface area contributed by atoms with Gasteiger partial charge in [-0.05, 0) is 12.0 Å². The van der Waals surface area contributed by atoms with E-state index in [2.05, 4.69) is 29.2 Å². The number of hydrogen-bond donors (Lipinski definition) is 1. The van der Waals surface area contributed by atoms with Gasteiger partial charge < -0.3 is 5.11 Å². The molecule has 1 nitrogen and oxygen atoms in total. The minimum Gasteiger partial charge on any atom is -0.507 e. The van der Waals surface area contributed by atoms with Gasteiger partial charge in [-0.1, -0.05) is 46.9 Å². The third-order valence-corrected chi connectivity index (χ3v) is 2.53. The fourth-order valence-corrected chi connectivity index (χ4v) is 1.69. The quantitative estimate of drug-likeness (QED) is 0.510. The third-order valence-electron chi connectivity index (χ3n) is 1.71. The zero-order valence-electron chi connectivity index (χ0n) is 6.76. The summed E-state index contributed by atoms with van der Waals surface area (Å²) >= 11 is 2.24. The molecule has 1 N–H and O–H groups in total. The van der Waals surface area contributed by atoms with Crippen LogP contribution in [-0.2, 0) is 10.8 Å². The monoisotopic (exact) mass is 274 g/mol. The van der Waals surface area contributed by atoms with Gasteiger partial charge >= 0.3 is 0 Å². The molecule has 0 bridgehead atoms. The summed E-state index contributed by atoms with van der Waals surface area (Å²) in [5.41, 5.74) is 1.95. The number of para-hydroxylation sites is 1. The van der Waals surface area contributed by atoms with Gasteiger partial charge in [0, 0.05) is 9.99 Å². The number of allylic oxidation sites excluding steroid dienone is 1. The average molecular weight is 274 g/mol. The van der Waals surface area contributed by atoms with Crippen LogP contribution in [0.4, 0.5) is 0 Å². The maximum atomic E-state index is 9.67. The summed E-state index contributed by atoms with van der Waals surface area (Å²) in [6.07, 6.45) is 2.53. The lowest BCUT2D eigenvalue weighted by molar-refractivity contribution is 0.465. The first-order chi connectivity index (χ1) is 5.79. The molecule has 12 heavy (non-hydrogen) atoms. The molecule has 1 aromatic rings. The minimum absolute atomic E-state index is 0.423. The molecule has 0 aliphatic heterocycles. The SMILES string of the molecule is C=CCc1cccc(CI)c1O. The lowest BCUT2D eigenvalue weighted by Gasteiger charge is -2.05. The molecule has 0 saturated heterocycles. The van der Waals surface area contributed by atoms with E-state index in [0.717, 1.165) is 22.0 Å². The van der Waals surface area contributed by atoms with E-state index in [1.54, 1.807) is 6.08 Å². The lowest BCUT2D eigenvalue weighted by atomic mass is 10.1. The number of benzene rings is 1. The fraction of sp³-hybridized carbons (Fsp3) is 0.200. The van der Waals surface area contributed by atoms with Crippen molar-refractivity contribution in [3.63, 3.8) is 0 Å². The molecule has 0 spiro atoms. The molecule has 0 aromatic heterocycles.